The van der Waals surface area contributed by atoms with E-state index in [2.05, 4.69) is 10.6 Å². The Balaban J connectivity index is 1.67. The van der Waals surface area contributed by atoms with E-state index >= 15 is 0 Å². The molecular weight excluding hydrogens is 375 g/mol. The van der Waals surface area contributed by atoms with Crippen molar-refractivity contribution in [3.05, 3.63) is 52.5 Å². The van der Waals surface area contributed by atoms with Crippen LogP contribution in [0.3, 0.4) is 0 Å². The Labute approximate surface area is 161 Å². The van der Waals surface area contributed by atoms with Crippen molar-refractivity contribution in [1.29, 1.82) is 0 Å². The van der Waals surface area contributed by atoms with Crippen molar-refractivity contribution in [2.75, 3.05) is 17.2 Å². The van der Waals surface area contributed by atoms with Gasteiger partial charge in [-0.05, 0) is 62.2 Å². The number of rotatable bonds is 6. The molecule has 3 rings (SSSR count). The Kier molecular flexibility index (Phi) is 5.39. The van der Waals surface area contributed by atoms with Crippen LogP contribution < -0.4 is 15.4 Å². The van der Waals surface area contributed by atoms with Crippen molar-refractivity contribution in [2.24, 2.45) is 5.41 Å². The van der Waals surface area contributed by atoms with Gasteiger partial charge >= 0.3 is 0 Å². The zero-order valence-corrected chi connectivity index (χ0v) is 15.7. The first-order valence-electron chi connectivity index (χ1n) is 8.25. The molecule has 0 heterocycles. The van der Waals surface area contributed by atoms with Crippen molar-refractivity contribution < 1.29 is 14.3 Å². The normalized spacial score (nSPS) is 14.4. The Morgan fingerprint density at radius 3 is 2.00 bits per heavy atom. The largest absolute Gasteiger partial charge is 0.494 e. The van der Waals surface area contributed by atoms with Gasteiger partial charge in [-0.2, -0.15) is 0 Å². The number of hydrogen-bond donors (Lipinski definition) is 2. The molecule has 2 aromatic rings. The van der Waals surface area contributed by atoms with Crippen molar-refractivity contribution in [1.82, 2.24) is 0 Å². The summed E-state index contributed by atoms with van der Waals surface area (Å²) in [6.45, 7) is 2.47. The number of benzene rings is 2. The third kappa shape index (κ3) is 4.11. The van der Waals surface area contributed by atoms with E-state index < -0.39 is 5.41 Å². The number of carbonyl (C=O) groups is 2. The van der Waals surface area contributed by atoms with Crippen molar-refractivity contribution >= 4 is 46.4 Å². The van der Waals surface area contributed by atoms with E-state index in [1.807, 2.05) is 6.92 Å². The molecule has 2 aromatic carbocycles. The molecule has 1 aliphatic rings. The van der Waals surface area contributed by atoms with Gasteiger partial charge in [0.25, 0.3) is 0 Å². The fraction of sp³-hybridized carbons (Fsp3) is 0.263. The Morgan fingerprint density at radius 1 is 0.962 bits per heavy atom. The summed E-state index contributed by atoms with van der Waals surface area (Å²) < 4.78 is 5.37. The molecule has 0 bridgehead atoms. The number of amides is 2. The summed E-state index contributed by atoms with van der Waals surface area (Å²) in [5.74, 6) is 0.0359. The molecule has 1 fully saturated rings. The molecule has 26 heavy (non-hydrogen) atoms. The van der Waals surface area contributed by atoms with Crippen LogP contribution in [0.5, 0.6) is 5.75 Å². The number of halogens is 2. The molecule has 0 radical (unpaired) electrons. The lowest BCUT2D eigenvalue weighted by atomic mass is 10.0. The molecule has 136 valence electrons. The van der Waals surface area contributed by atoms with Gasteiger partial charge in [-0.25, -0.2) is 0 Å². The summed E-state index contributed by atoms with van der Waals surface area (Å²) in [7, 11) is 0. The number of carbonyl (C=O) groups excluding carboxylic acids is 2. The summed E-state index contributed by atoms with van der Waals surface area (Å²) in [6, 6.07) is 11.8. The van der Waals surface area contributed by atoms with Crippen LogP contribution in [0.25, 0.3) is 0 Å². The summed E-state index contributed by atoms with van der Waals surface area (Å²) in [5.41, 5.74) is 0.0175. The van der Waals surface area contributed by atoms with Gasteiger partial charge in [0.05, 0.1) is 6.61 Å². The van der Waals surface area contributed by atoms with Crippen molar-refractivity contribution in [3.8, 4) is 5.75 Å². The van der Waals surface area contributed by atoms with E-state index in [4.69, 9.17) is 27.9 Å². The third-order valence-electron chi connectivity index (χ3n) is 4.16. The second-order valence-corrected chi connectivity index (χ2v) is 6.98. The number of ether oxygens (including phenoxy) is 1. The van der Waals surface area contributed by atoms with Crippen LogP contribution in [-0.2, 0) is 9.59 Å². The molecule has 7 heteroatoms. The van der Waals surface area contributed by atoms with Gasteiger partial charge in [0.15, 0.2) is 0 Å². The SMILES string of the molecule is CCOc1ccc(NC(=O)C2(C(=O)Nc3cc(Cl)cc(Cl)c3)CC2)cc1. The first kappa shape index (κ1) is 18.5. The topological polar surface area (TPSA) is 67.4 Å². The van der Waals surface area contributed by atoms with E-state index in [9.17, 15) is 9.59 Å². The molecule has 0 aromatic heterocycles. The van der Waals surface area contributed by atoms with E-state index in [0.29, 0.717) is 40.9 Å². The monoisotopic (exact) mass is 392 g/mol. The Bertz CT molecular complexity index is 813. The fourth-order valence-corrected chi connectivity index (χ4v) is 3.14. The minimum absolute atomic E-state index is 0.327. The highest BCUT2D eigenvalue weighted by Gasteiger charge is 2.56. The van der Waals surface area contributed by atoms with Crippen LogP contribution in [0.2, 0.25) is 10.0 Å². The van der Waals surface area contributed by atoms with Gasteiger partial charge in [0.1, 0.15) is 11.2 Å². The van der Waals surface area contributed by atoms with Crippen LogP contribution in [0.15, 0.2) is 42.5 Å². The van der Waals surface area contributed by atoms with Crippen LogP contribution >= 0.6 is 23.2 Å². The van der Waals surface area contributed by atoms with Crippen LogP contribution in [0.1, 0.15) is 19.8 Å². The van der Waals surface area contributed by atoms with Crippen LogP contribution in [-0.4, -0.2) is 18.4 Å². The molecule has 2 N–H and O–H groups in total. The lowest BCUT2D eigenvalue weighted by molar-refractivity contribution is -0.131. The third-order valence-corrected chi connectivity index (χ3v) is 4.60. The minimum atomic E-state index is -1.06. The van der Waals surface area contributed by atoms with E-state index in [1.165, 1.54) is 0 Å². The second kappa shape index (κ2) is 7.56. The molecule has 5 nitrogen and oxygen atoms in total. The maximum Gasteiger partial charge on any atom is 0.240 e. The van der Waals surface area contributed by atoms with Gasteiger partial charge in [-0.3, -0.25) is 9.59 Å². The van der Waals surface area contributed by atoms with E-state index in [1.54, 1.807) is 42.5 Å². The standard InChI is InChI=1S/C19H18Cl2N2O3/c1-2-26-16-5-3-14(4-6-16)22-17(24)19(7-8-19)18(25)23-15-10-12(20)9-13(21)11-15/h3-6,9-11H,2,7-8H2,1H3,(H,22,24)(H,23,25). The Morgan fingerprint density at radius 2 is 1.50 bits per heavy atom. The maximum atomic E-state index is 12.6. The molecular formula is C19H18Cl2N2O3. The van der Waals surface area contributed by atoms with Crippen molar-refractivity contribution in [3.63, 3.8) is 0 Å². The number of anilines is 2. The summed E-state index contributed by atoms with van der Waals surface area (Å²) in [5, 5.41) is 6.35. The lowest BCUT2D eigenvalue weighted by Crippen LogP contribution is -2.35. The van der Waals surface area contributed by atoms with Gasteiger partial charge in [-0.1, -0.05) is 23.2 Å². The van der Waals surface area contributed by atoms with Gasteiger partial charge < -0.3 is 15.4 Å². The van der Waals surface area contributed by atoms with E-state index in [-0.39, 0.29) is 11.8 Å². The summed E-state index contributed by atoms with van der Waals surface area (Å²) in [4.78, 5) is 25.2. The zero-order valence-electron chi connectivity index (χ0n) is 14.1. The van der Waals surface area contributed by atoms with Gasteiger partial charge in [-0.15, -0.1) is 0 Å². The zero-order chi connectivity index (χ0) is 18.7. The van der Waals surface area contributed by atoms with Gasteiger partial charge in [0, 0.05) is 21.4 Å². The number of nitrogens with one attached hydrogen (secondary N) is 2. The highest BCUT2D eigenvalue weighted by molar-refractivity contribution is 6.35. The second-order valence-electron chi connectivity index (χ2n) is 6.11. The molecule has 0 unspecified atom stereocenters. The van der Waals surface area contributed by atoms with Crippen LogP contribution in [0.4, 0.5) is 11.4 Å². The highest BCUT2D eigenvalue weighted by Crippen LogP contribution is 2.47. The molecule has 0 spiro atoms. The summed E-state index contributed by atoms with van der Waals surface area (Å²) in [6.07, 6.45) is 0.992. The van der Waals surface area contributed by atoms with E-state index in [0.717, 1.165) is 5.75 Å². The Hall–Kier alpha value is -2.24. The first-order chi connectivity index (χ1) is 12.4. The first-order valence-corrected chi connectivity index (χ1v) is 9.00. The lowest BCUT2D eigenvalue weighted by Gasteiger charge is -2.16. The molecule has 1 aliphatic carbocycles. The molecule has 2 amide bonds. The van der Waals surface area contributed by atoms with Crippen LogP contribution in [0, 0.1) is 5.41 Å². The smallest absolute Gasteiger partial charge is 0.240 e. The quantitative estimate of drug-likeness (QED) is 0.696. The summed E-state index contributed by atoms with van der Waals surface area (Å²) >= 11 is 11.9. The van der Waals surface area contributed by atoms with Gasteiger partial charge in [0.2, 0.25) is 11.8 Å². The number of hydrogen-bond acceptors (Lipinski definition) is 3. The molecule has 0 atom stereocenters. The molecule has 1 saturated carbocycles. The fourth-order valence-electron chi connectivity index (χ4n) is 2.61. The molecule has 0 saturated heterocycles. The predicted octanol–water partition coefficient (Wildman–Crippen LogP) is 4.75. The average molecular weight is 393 g/mol. The highest BCUT2D eigenvalue weighted by atomic mass is 35.5. The maximum absolute atomic E-state index is 12.6. The molecule has 0 aliphatic heterocycles. The van der Waals surface area contributed by atoms with Crippen molar-refractivity contribution in [2.45, 2.75) is 19.8 Å². The predicted molar refractivity (Wildman–Crippen MR) is 103 cm³/mol. The minimum Gasteiger partial charge on any atom is -0.494 e. The average Bonchev–Trinajstić information content (AvgIpc) is 3.38.